The van der Waals surface area contributed by atoms with Crippen molar-refractivity contribution in [3.05, 3.63) is 23.8 Å². The Bertz CT molecular complexity index is 443. The van der Waals surface area contributed by atoms with E-state index in [-0.39, 0.29) is 12.2 Å². The summed E-state index contributed by atoms with van der Waals surface area (Å²) in [4.78, 5) is 0. The summed E-state index contributed by atoms with van der Waals surface area (Å²) < 4.78 is 10.2. The first-order valence-electron chi connectivity index (χ1n) is 6.27. The Hall–Kier alpha value is -1.04. The van der Waals surface area contributed by atoms with Crippen LogP contribution in [0.15, 0.2) is 18.2 Å². The topological polar surface area (TPSA) is 58.9 Å². The van der Waals surface area contributed by atoms with E-state index in [0.717, 1.165) is 11.5 Å². The molecule has 5 heteroatoms. The van der Waals surface area contributed by atoms with Crippen molar-refractivity contribution in [2.75, 3.05) is 13.9 Å². The molecule has 0 heterocycles. The Balaban J connectivity index is 1.89. The van der Waals surface area contributed by atoms with Gasteiger partial charge in [0.2, 0.25) is 0 Å². The average molecular weight is 248 g/mol. The lowest BCUT2D eigenvalue weighted by atomic mass is 9.41. The van der Waals surface area contributed by atoms with Gasteiger partial charge >= 0.3 is 7.12 Å². The van der Waals surface area contributed by atoms with Crippen LogP contribution in [0, 0.1) is 5.92 Å². The summed E-state index contributed by atoms with van der Waals surface area (Å²) in [6.07, 6.45) is 3.56. The van der Waals surface area contributed by atoms with E-state index in [2.05, 4.69) is 0 Å². The first-order chi connectivity index (χ1) is 8.64. The Labute approximate surface area is 107 Å². The third-order valence-electron chi connectivity index (χ3n) is 4.25. The molecule has 0 unspecified atom stereocenters. The molecule has 0 spiro atoms. The molecule has 96 valence electrons. The van der Waals surface area contributed by atoms with Crippen molar-refractivity contribution < 1.29 is 19.5 Å². The molecule has 0 saturated heterocycles. The lowest BCUT2D eigenvalue weighted by molar-refractivity contribution is -0.0268. The second kappa shape index (κ2) is 4.26. The van der Waals surface area contributed by atoms with Crippen LogP contribution in [-0.4, -0.2) is 31.1 Å². The number of hydrogen-bond acceptors (Lipinski definition) is 4. The van der Waals surface area contributed by atoms with Gasteiger partial charge in [-0.2, -0.15) is 0 Å². The molecule has 1 aromatic carbocycles. The maximum Gasteiger partial charge on any atom is 0.488 e. The minimum absolute atomic E-state index is 0.160. The summed E-state index contributed by atoms with van der Waals surface area (Å²) in [6, 6.07) is 5.55. The van der Waals surface area contributed by atoms with Crippen molar-refractivity contribution in [3.8, 4) is 5.75 Å². The molecule has 1 aromatic rings. The number of rotatable bonds is 5. The van der Waals surface area contributed by atoms with E-state index < -0.39 is 7.12 Å². The van der Waals surface area contributed by atoms with Crippen LogP contribution >= 0.6 is 0 Å². The number of hydrogen-bond donors (Lipinski definition) is 2. The summed E-state index contributed by atoms with van der Waals surface area (Å²) in [5, 5.41) is 19.0. The van der Waals surface area contributed by atoms with Crippen LogP contribution in [0.5, 0.6) is 5.75 Å². The minimum atomic E-state index is -1.44. The zero-order valence-corrected chi connectivity index (χ0v) is 10.4. The van der Waals surface area contributed by atoms with E-state index in [9.17, 15) is 10.0 Å². The Morgan fingerprint density at radius 3 is 2.56 bits per heavy atom. The van der Waals surface area contributed by atoms with Crippen LogP contribution in [0.3, 0.4) is 0 Å². The van der Waals surface area contributed by atoms with Gasteiger partial charge in [0.15, 0.2) is 6.79 Å². The second-order valence-corrected chi connectivity index (χ2v) is 5.43. The normalized spacial score (nSPS) is 28.3. The van der Waals surface area contributed by atoms with Crippen LogP contribution in [0.2, 0.25) is 0 Å². The fourth-order valence-corrected chi connectivity index (χ4v) is 3.26. The van der Waals surface area contributed by atoms with Gasteiger partial charge in [-0.05, 0) is 53.8 Å². The highest BCUT2D eigenvalue weighted by Crippen LogP contribution is 2.64. The maximum absolute atomic E-state index is 9.52. The molecule has 4 nitrogen and oxygen atoms in total. The largest absolute Gasteiger partial charge is 0.488 e. The van der Waals surface area contributed by atoms with Gasteiger partial charge in [0, 0.05) is 7.11 Å². The van der Waals surface area contributed by atoms with Crippen molar-refractivity contribution in [2.45, 2.75) is 24.7 Å². The third kappa shape index (κ3) is 1.74. The maximum atomic E-state index is 9.52. The molecule has 3 aliphatic carbocycles. The molecule has 3 saturated carbocycles. The van der Waals surface area contributed by atoms with Crippen molar-refractivity contribution in [2.24, 2.45) is 5.92 Å². The average Bonchev–Trinajstić information content (AvgIpc) is 2.23. The Kier molecular flexibility index (Phi) is 2.85. The van der Waals surface area contributed by atoms with Gasteiger partial charge in [-0.25, -0.2) is 0 Å². The van der Waals surface area contributed by atoms with Gasteiger partial charge in [-0.1, -0.05) is 6.07 Å². The first-order valence-corrected chi connectivity index (χ1v) is 6.27. The SMILES string of the molecule is COCOc1ccc(C23CC(C2)C3)c(B(O)O)c1. The molecule has 0 amide bonds. The van der Waals surface area contributed by atoms with Crippen molar-refractivity contribution in [3.63, 3.8) is 0 Å². The van der Waals surface area contributed by atoms with Crippen LogP contribution in [0.1, 0.15) is 24.8 Å². The van der Waals surface area contributed by atoms with Crippen LogP contribution in [0.25, 0.3) is 0 Å². The fraction of sp³-hybridized carbons (Fsp3) is 0.538. The van der Waals surface area contributed by atoms with E-state index in [1.54, 1.807) is 13.2 Å². The summed E-state index contributed by atoms with van der Waals surface area (Å²) in [6.45, 7) is 0.160. The standard InChI is InChI=1S/C13H17BO4/c1-17-8-18-10-2-3-11(12(4-10)14(15)16)13-5-9(6-13)7-13/h2-4,9,15-16H,5-8H2,1H3. The van der Waals surface area contributed by atoms with Crippen molar-refractivity contribution >= 4 is 12.6 Å². The molecule has 3 fully saturated rings. The lowest BCUT2D eigenvalue weighted by Gasteiger charge is -2.63. The van der Waals surface area contributed by atoms with Gasteiger partial charge in [0.25, 0.3) is 0 Å². The van der Waals surface area contributed by atoms with E-state index in [0.29, 0.717) is 11.2 Å². The lowest BCUT2D eigenvalue weighted by Crippen LogP contribution is -2.58. The quantitative estimate of drug-likeness (QED) is 0.585. The molecule has 0 radical (unpaired) electrons. The molecule has 3 aliphatic rings. The highest BCUT2D eigenvalue weighted by molar-refractivity contribution is 6.59. The predicted molar refractivity (Wildman–Crippen MR) is 67.8 cm³/mol. The van der Waals surface area contributed by atoms with E-state index in [1.165, 1.54) is 19.3 Å². The summed E-state index contributed by atoms with van der Waals surface area (Å²) >= 11 is 0. The Morgan fingerprint density at radius 2 is 2.06 bits per heavy atom. The molecular weight excluding hydrogens is 231 g/mol. The molecular formula is C13H17BO4. The van der Waals surface area contributed by atoms with Crippen molar-refractivity contribution in [1.29, 1.82) is 0 Å². The summed E-state index contributed by atoms with van der Waals surface area (Å²) in [5.41, 5.74) is 1.86. The third-order valence-corrected chi connectivity index (χ3v) is 4.25. The van der Waals surface area contributed by atoms with Crippen LogP contribution in [0.4, 0.5) is 0 Å². The minimum Gasteiger partial charge on any atom is -0.468 e. The zero-order chi connectivity index (χ0) is 12.8. The molecule has 0 aliphatic heterocycles. The molecule has 18 heavy (non-hydrogen) atoms. The van der Waals surface area contributed by atoms with Crippen LogP contribution in [-0.2, 0) is 10.2 Å². The van der Waals surface area contributed by atoms with Crippen LogP contribution < -0.4 is 10.2 Å². The van der Waals surface area contributed by atoms with Gasteiger partial charge in [0.05, 0.1) is 0 Å². The van der Waals surface area contributed by atoms with E-state index in [1.807, 2.05) is 12.1 Å². The first kappa shape index (κ1) is 12.0. The fourth-order valence-electron chi connectivity index (χ4n) is 3.26. The summed E-state index contributed by atoms with van der Waals surface area (Å²) in [7, 11) is 0.109. The molecule has 4 rings (SSSR count). The zero-order valence-electron chi connectivity index (χ0n) is 10.4. The van der Waals surface area contributed by atoms with Gasteiger partial charge in [-0.15, -0.1) is 0 Å². The number of ether oxygens (including phenoxy) is 2. The monoisotopic (exact) mass is 248 g/mol. The van der Waals surface area contributed by atoms with E-state index in [4.69, 9.17) is 9.47 Å². The molecule has 0 aromatic heterocycles. The molecule has 2 bridgehead atoms. The highest BCUT2D eigenvalue weighted by Gasteiger charge is 2.58. The smallest absolute Gasteiger partial charge is 0.468 e. The number of methoxy groups -OCH3 is 1. The van der Waals surface area contributed by atoms with Gasteiger partial charge < -0.3 is 19.5 Å². The summed E-state index contributed by atoms with van der Waals surface area (Å²) in [5.74, 6) is 1.47. The molecule has 2 N–H and O–H groups in total. The molecule has 0 atom stereocenters. The number of benzene rings is 1. The second-order valence-electron chi connectivity index (χ2n) is 5.43. The van der Waals surface area contributed by atoms with Gasteiger partial charge in [0.1, 0.15) is 5.75 Å². The van der Waals surface area contributed by atoms with E-state index >= 15 is 0 Å². The highest BCUT2D eigenvalue weighted by atomic mass is 16.7. The van der Waals surface area contributed by atoms with Crippen molar-refractivity contribution in [1.82, 2.24) is 0 Å². The Morgan fingerprint density at radius 1 is 1.33 bits per heavy atom. The predicted octanol–water partition coefficient (Wildman–Crippen LogP) is 0.401. The van der Waals surface area contributed by atoms with Gasteiger partial charge in [-0.3, -0.25) is 0 Å².